The molecule has 0 N–H and O–H groups in total. The van der Waals surface area contributed by atoms with Crippen molar-refractivity contribution in [1.82, 2.24) is 19.6 Å². The zero-order valence-corrected chi connectivity index (χ0v) is 9.67. The molecule has 0 radical (unpaired) electrons. The molecule has 12 heavy (non-hydrogen) atoms. The summed E-state index contributed by atoms with van der Waals surface area (Å²) in [5.41, 5.74) is 0.917. The Kier molecular flexibility index (Phi) is 3.00. The van der Waals surface area contributed by atoms with Crippen LogP contribution in [0.3, 0.4) is 0 Å². The first kappa shape index (κ1) is 9.85. The van der Waals surface area contributed by atoms with Crippen LogP contribution in [0.1, 0.15) is 5.69 Å². The minimum absolute atomic E-state index is 0. The second kappa shape index (κ2) is 3.66. The zero-order chi connectivity index (χ0) is 7.84. The summed E-state index contributed by atoms with van der Waals surface area (Å²) in [5, 5.41) is 7.93. The Morgan fingerprint density at radius 2 is 2.17 bits per heavy atom. The van der Waals surface area contributed by atoms with Crippen LogP contribution >= 0.6 is 0 Å². The molecule has 0 aliphatic rings. The molecule has 2 rings (SSSR count). The molecule has 0 aromatic carbocycles. The van der Waals surface area contributed by atoms with Gasteiger partial charge in [-0.2, -0.15) is 5.10 Å². The van der Waals surface area contributed by atoms with E-state index in [4.69, 9.17) is 12.6 Å². The van der Waals surface area contributed by atoms with Crippen LogP contribution in [-0.4, -0.2) is 19.6 Å². The SMILES string of the molecule is Cc1ccn2c([S-])nnc2n1.[Na+]. The molecule has 2 heterocycles. The van der Waals surface area contributed by atoms with Crippen LogP contribution in [0.2, 0.25) is 0 Å². The fourth-order valence-corrected chi connectivity index (χ4v) is 1.04. The maximum atomic E-state index is 4.88. The first-order valence-corrected chi connectivity index (χ1v) is 3.53. The van der Waals surface area contributed by atoms with E-state index in [9.17, 15) is 0 Å². The molecule has 0 saturated carbocycles. The van der Waals surface area contributed by atoms with Crippen LogP contribution in [0.25, 0.3) is 5.78 Å². The van der Waals surface area contributed by atoms with Gasteiger partial charge in [0.05, 0.1) is 0 Å². The van der Waals surface area contributed by atoms with E-state index >= 15 is 0 Å². The molecule has 0 unspecified atom stereocenters. The number of nitrogens with zero attached hydrogens (tertiary/aromatic N) is 4. The molecular formula is C6H5N4NaS. The number of rotatable bonds is 0. The van der Waals surface area contributed by atoms with Gasteiger partial charge < -0.3 is 12.6 Å². The maximum absolute atomic E-state index is 4.88. The summed E-state index contributed by atoms with van der Waals surface area (Å²) < 4.78 is 1.67. The summed E-state index contributed by atoms with van der Waals surface area (Å²) in [4.78, 5) is 4.12. The molecule has 0 spiro atoms. The summed E-state index contributed by atoms with van der Waals surface area (Å²) >= 11 is 4.88. The molecule has 0 aliphatic carbocycles. The molecule has 6 heteroatoms. The van der Waals surface area contributed by atoms with Crippen molar-refractivity contribution in [1.29, 1.82) is 0 Å². The molecule has 0 fully saturated rings. The van der Waals surface area contributed by atoms with Gasteiger partial charge in [0.2, 0.25) is 0 Å². The van der Waals surface area contributed by atoms with Crippen LogP contribution in [0.4, 0.5) is 0 Å². The normalized spacial score (nSPS) is 9.75. The minimum Gasteiger partial charge on any atom is -0.740 e. The summed E-state index contributed by atoms with van der Waals surface area (Å²) in [6, 6.07) is 1.87. The third-order valence-electron chi connectivity index (χ3n) is 1.39. The van der Waals surface area contributed by atoms with Gasteiger partial charge in [-0.1, -0.05) is 0 Å². The number of hydrogen-bond acceptors (Lipinski definition) is 4. The average Bonchev–Trinajstić information content (AvgIpc) is 2.32. The molecule has 0 bridgehead atoms. The quantitative estimate of drug-likeness (QED) is 0.334. The van der Waals surface area contributed by atoms with Gasteiger partial charge in [0, 0.05) is 17.0 Å². The number of aryl methyl sites for hydroxylation is 1. The predicted octanol–water partition coefficient (Wildman–Crippen LogP) is -2.66. The van der Waals surface area contributed by atoms with Crippen LogP contribution in [0.15, 0.2) is 17.4 Å². The van der Waals surface area contributed by atoms with E-state index in [-0.39, 0.29) is 29.6 Å². The van der Waals surface area contributed by atoms with E-state index in [1.165, 1.54) is 0 Å². The Morgan fingerprint density at radius 3 is 2.92 bits per heavy atom. The smallest absolute Gasteiger partial charge is 0.740 e. The number of hydrogen-bond donors (Lipinski definition) is 0. The summed E-state index contributed by atoms with van der Waals surface area (Å²) in [5.74, 6) is 0.565. The molecule has 2 aromatic rings. The fraction of sp³-hybridized carbons (Fsp3) is 0.167. The van der Waals surface area contributed by atoms with Gasteiger partial charge in [0.15, 0.2) is 0 Å². The summed E-state index contributed by atoms with van der Waals surface area (Å²) in [7, 11) is 0. The fourth-order valence-electron chi connectivity index (χ4n) is 0.853. The van der Waals surface area contributed by atoms with Crippen LogP contribution in [-0.2, 0) is 12.6 Å². The Balaban J connectivity index is 0.000000720. The van der Waals surface area contributed by atoms with Crippen molar-refractivity contribution in [3.05, 3.63) is 18.0 Å². The van der Waals surface area contributed by atoms with Gasteiger partial charge >= 0.3 is 29.6 Å². The van der Waals surface area contributed by atoms with E-state index in [2.05, 4.69) is 15.2 Å². The molecule has 0 aliphatic heterocycles. The minimum atomic E-state index is 0. The second-order valence-corrected chi connectivity index (χ2v) is 2.59. The Labute approximate surface area is 97.1 Å². The van der Waals surface area contributed by atoms with E-state index in [1.807, 2.05) is 19.2 Å². The van der Waals surface area contributed by atoms with Crippen LogP contribution in [0, 0.1) is 6.92 Å². The molecule has 0 amide bonds. The van der Waals surface area contributed by atoms with Crippen molar-refractivity contribution < 1.29 is 29.6 Å². The Morgan fingerprint density at radius 1 is 1.42 bits per heavy atom. The van der Waals surface area contributed by atoms with Gasteiger partial charge in [0.1, 0.15) is 0 Å². The van der Waals surface area contributed by atoms with Gasteiger partial charge in [-0.15, -0.1) is 5.10 Å². The molecule has 2 aromatic heterocycles. The summed E-state index contributed by atoms with van der Waals surface area (Å²) in [6.45, 7) is 1.90. The van der Waals surface area contributed by atoms with Gasteiger partial charge in [-0.05, 0) is 13.0 Å². The van der Waals surface area contributed by atoms with Gasteiger partial charge in [-0.3, -0.25) is 4.40 Å². The second-order valence-electron chi connectivity index (χ2n) is 2.22. The summed E-state index contributed by atoms with van der Waals surface area (Å²) in [6.07, 6.45) is 1.82. The average molecular weight is 188 g/mol. The standard InChI is InChI=1S/C6H6N4S.Na/c1-4-2-3-10-5(7-4)8-9-6(10)11;/h2-3H,1H3,(H,9,11);/q;+1/p-1. The monoisotopic (exact) mass is 188 g/mol. The molecule has 4 nitrogen and oxygen atoms in total. The predicted molar refractivity (Wildman–Crippen MR) is 41.2 cm³/mol. The van der Waals surface area contributed by atoms with E-state index < -0.39 is 0 Å². The first-order chi connectivity index (χ1) is 5.27. The molecule has 0 saturated heterocycles. The van der Waals surface area contributed by atoms with Crippen molar-refractivity contribution in [2.75, 3.05) is 0 Å². The third kappa shape index (κ3) is 1.59. The van der Waals surface area contributed by atoms with Crippen LogP contribution in [0.5, 0.6) is 0 Å². The number of aromatic nitrogens is 4. The third-order valence-corrected chi connectivity index (χ3v) is 1.67. The molecular weight excluding hydrogens is 183 g/mol. The van der Waals surface area contributed by atoms with Crippen molar-refractivity contribution in [2.24, 2.45) is 0 Å². The number of fused-ring (bicyclic) bond motifs is 1. The van der Waals surface area contributed by atoms with E-state index in [1.54, 1.807) is 4.40 Å². The van der Waals surface area contributed by atoms with Gasteiger partial charge in [-0.25, -0.2) is 4.98 Å². The van der Waals surface area contributed by atoms with Crippen LogP contribution < -0.4 is 29.6 Å². The zero-order valence-electron chi connectivity index (χ0n) is 6.85. The van der Waals surface area contributed by atoms with Crippen molar-refractivity contribution >= 4 is 18.4 Å². The largest absolute Gasteiger partial charge is 1.00 e. The van der Waals surface area contributed by atoms with Crippen molar-refractivity contribution in [3.63, 3.8) is 0 Å². The van der Waals surface area contributed by atoms with E-state index in [0.717, 1.165) is 5.69 Å². The molecule has 0 atom stereocenters. The van der Waals surface area contributed by atoms with Gasteiger partial charge in [0.25, 0.3) is 5.78 Å². The van der Waals surface area contributed by atoms with E-state index in [0.29, 0.717) is 10.9 Å². The van der Waals surface area contributed by atoms with Crippen molar-refractivity contribution in [3.8, 4) is 0 Å². The topological polar surface area (TPSA) is 43.1 Å². The maximum Gasteiger partial charge on any atom is 1.00 e. The molecule has 56 valence electrons. The Bertz CT molecular complexity index is 399. The Hall–Kier alpha value is -0.230. The first-order valence-electron chi connectivity index (χ1n) is 3.13. The van der Waals surface area contributed by atoms with Crippen molar-refractivity contribution in [2.45, 2.75) is 12.1 Å².